The SMILES string of the molecule is CC(=O)O[Si](CCS)(OC(C)=O)c1ccccc1. The summed E-state index contributed by atoms with van der Waals surface area (Å²) in [6, 6.07) is 9.54. The molecule has 0 aliphatic heterocycles. The Labute approximate surface area is 113 Å². The maximum absolute atomic E-state index is 11.3. The third kappa shape index (κ3) is 3.88. The molecule has 18 heavy (non-hydrogen) atoms. The van der Waals surface area contributed by atoms with Gasteiger partial charge in [-0.05, 0) is 5.75 Å². The van der Waals surface area contributed by atoms with Crippen molar-refractivity contribution in [3.63, 3.8) is 0 Å². The topological polar surface area (TPSA) is 52.6 Å². The summed E-state index contributed by atoms with van der Waals surface area (Å²) in [6.07, 6.45) is 0. The van der Waals surface area contributed by atoms with Gasteiger partial charge in [-0.3, -0.25) is 9.59 Å². The Kier molecular flexibility index (Phi) is 5.42. The zero-order valence-corrected chi connectivity index (χ0v) is 12.3. The molecule has 0 aliphatic rings. The van der Waals surface area contributed by atoms with Gasteiger partial charge >= 0.3 is 8.56 Å². The fourth-order valence-electron chi connectivity index (χ4n) is 1.69. The van der Waals surface area contributed by atoms with E-state index in [1.165, 1.54) is 13.8 Å². The van der Waals surface area contributed by atoms with E-state index >= 15 is 0 Å². The molecule has 0 radical (unpaired) electrons. The molecule has 0 saturated heterocycles. The number of thiol groups is 1. The van der Waals surface area contributed by atoms with Crippen molar-refractivity contribution in [1.82, 2.24) is 0 Å². The first-order valence-electron chi connectivity index (χ1n) is 5.56. The van der Waals surface area contributed by atoms with Crippen LogP contribution in [0.25, 0.3) is 0 Å². The minimum absolute atomic E-state index is 0.430. The van der Waals surface area contributed by atoms with Crippen molar-refractivity contribution in [2.24, 2.45) is 0 Å². The van der Waals surface area contributed by atoms with E-state index in [2.05, 4.69) is 12.6 Å². The van der Waals surface area contributed by atoms with Crippen LogP contribution >= 0.6 is 12.6 Å². The molecule has 0 aromatic heterocycles. The van der Waals surface area contributed by atoms with Gasteiger partial charge in [0.25, 0.3) is 11.9 Å². The Morgan fingerprint density at radius 2 is 1.61 bits per heavy atom. The number of carbonyl (C=O) groups excluding carboxylic acids is 2. The molecule has 0 amide bonds. The van der Waals surface area contributed by atoms with Gasteiger partial charge in [0.15, 0.2) is 0 Å². The van der Waals surface area contributed by atoms with Crippen molar-refractivity contribution < 1.29 is 18.4 Å². The number of hydrogen-bond donors (Lipinski definition) is 1. The van der Waals surface area contributed by atoms with Crippen molar-refractivity contribution in [2.75, 3.05) is 5.75 Å². The van der Waals surface area contributed by atoms with E-state index in [9.17, 15) is 9.59 Å². The lowest BCUT2D eigenvalue weighted by Gasteiger charge is -2.28. The predicted octanol–water partition coefficient (Wildman–Crippen LogP) is 1.39. The maximum Gasteiger partial charge on any atom is 0.500 e. The maximum atomic E-state index is 11.3. The van der Waals surface area contributed by atoms with E-state index in [1.54, 1.807) is 0 Å². The van der Waals surface area contributed by atoms with Crippen molar-refractivity contribution in [2.45, 2.75) is 19.9 Å². The van der Waals surface area contributed by atoms with Crippen molar-refractivity contribution in [3.8, 4) is 0 Å². The zero-order valence-electron chi connectivity index (χ0n) is 10.4. The van der Waals surface area contributed by atoms with Gasteiger partial charge < -0.3 is 8.85 Å². The van der Waals surface area contributed by atoms with E-state index in [4.69, 9.17) is 8.85 Å². The highest BCUT2D eigenvalue weighted by Crippen LogP contribution is 2.16. The van der Waals surface area contributed by atoms with Gasteiger partial charge in [0.1, 0.15) is 0 Å². The second-order valence-electron chi connectivity index (χ2n) is 3.78. The molecular formula is C12H16O4SSi. The van der Waals surface area contributed by atoms with Crippen LogP contribution < -0.4 is 5.19 Å². The van der Waals surface area contributed by atoms with Crippen LogP contribution in [0.15, 0.2) is 30.3 Å². The molecule has 0 spiro atoms. The van der Waals surface area contributed by atoms with Crippen LogP contribution in [0.5, 0.6) is 0 Å². The van der Waals surface area contributed by atoms with Crippen molar-refractivity contribution in [3.05, 3.63) is 30.3 Å². The molecule has 98 valence electrons. The van der Waals surface area contributed by atoms with Crippen LogP contribution in [0.1, 0.15) is 13.8 Å². The van der Waals surface area contributed by atoms with Crippen LogP contribution in [0.4, 0.5) is 0 Å². The Bertz CT molecular complexity index is 405. The fourth-order valence-corrected chi connectivity index (χ4v) is 5.27. The molecule has 1 aromatic carbocycles. The second-order valence-corrected chi connectivity index (χ2v) is 7.22. The minimum Gasteiger partial charge on any atom is -0.482 e. The first kappa shape index (κ1) is 14.8. The smallest absolute Gasteiger partial charge is 0.482 e. The average molecular weight is 284 g/mol. The lowest BCUT2D eigenvalue weighted by molar-refractivity contribution is -0.138. The second kappa shape index (κ2) is 6.60. The minimum atomic E-state index is -3.07. The van der Waals surface area contributed by atoms with Gasteiger partial charge in [-0.2, -0.15) is 12.6 Å². The quantitative estimate of drug-likeness (QED) is 0.656. The summed E-state index contributed by atoms with van der Waals surface area (Å²) >= 11 is 4.16. The van der Waals surface area contributed by atoms with Gasteiger partial charge in [0.05, 0.1) is 0 Å². The highest BCUT2D eigenvalue weighted by atomic mass is 32.1. The summed E-state index contributed by atoms with van der Waals surface area (Å²) in [6.45, 7) is 2.62. The van der Waals surface area contributed by atoms with Crippen LogP contribution in [-0.2, 0) is 18.4 Å². The normalized spacial score (nSPS) is 10.8. The van der Waals surface area contributed by atoms with Crippen LogP contribution in [-0.4, -0.2) is 26.3 Å². The molecule has 4 nitrogen and oxygen atoms in total. The molecule has 0 N–H and O–H groups in total. The Hall–Kier alpha value is -1.27. The van der Waals surface area contributed by atoms with Gasteiger partial charge in [-0.1, -0.05) is 30.3 Å². The van der Waals surface area contributed by atoms with Crippen LogP contribution in [0.3, 0.4) is 0 Å². The summed E-state index contributed by atoms with van der Waals surface area (Å²) in [5.74, 6) is -0.427. The number of hydrogen-bond acceptors (Lipinski definition) is 5. The monoisotopic (exact) mass is 284 g/mol. The molecule has 0 saturated carbocycles. The molecule has 0 bridgehead atoms. The van der Waals surface area contributed by atoms with Crippen LogP contribution in [0, 0.1) is 0 Å². The molecule has 0 unspecified atom stereocenters. The fraction of sp³-hybridized carbons (Fsp3) is 0.333. The lowest BCUT2D eigenvalue weighted by Crippen LogP contribution is -2.56. The average Bonchev–Trinajstić information content (AvgIpc) is 2.28. The van der Waals surface area contributed by atoms with E-state index in [1.807, 2.05) is 30.3 Å². The van der Waals surface area contributed by atoms with Crippen molar-refractivity contribution >= 4 is 38.3 Å². The molecule has 0 atom stereocenters. The summed E-state index contributed by atoms with van der Waals surface area (Å²) in [5.41, 5.74) is 0. The molecule has 1 rings (SSSR count). The van der Waals surface area contributed by atoms with E-state index < -0.39 is 20.5 Å². The van der Waals surface area contributed by atoms with Gasteiger partial charge in [0.2, 0.25) is 0 Å². The largest absolute Gasteiger partial charge is 0.500 e. The molecule has 0 heterocycles. The number of rotatable bonds is 5. The molecule has 0 fully saturated rings. The number of carbonyl (C=O) groups is 2. The zero-order chi connectivity index (χ0) is 13.6. The van der Waals surface area contributed by atoms with E-state index in [0.717, 1.165) is 5.19 Å². The summed E-state index contributed by atoms with van der Waals surface area (Å²) < 4.78 is 10.8. The van der Waals surface area contributed by atoms with Gasteiger partial charge in [0, 0.05) is 25.1 Å². The van der Waals surface area contributed by atoms with E-state index in [-0.39, 0.29) is 0 Å². The molecule has 6 heteroatoms. The number of benzene rings is 1. The van der Waals surface area contributed by atoms with E-state index in [0.29, 0.717) is 11.8 Å². The summed E-state index contributed by atoms with van der Waals surface area (Å²) in [5, 5.41) is 0.754. The Balaban J connectivity index is 3.18. The molecule has 1 aromatic rings. The highest BCUT2D eigenvalue weighted by Gasteiger charge is 2.45. The summed E-state index contributed by atoms with van der Waals surface area (Å²) in [4.78, 5) is 22.6. The Morgan fingerprint density at radius 1 is 1.11 bits per heavy atom. The molecular weight excluding hydrogens is 268 g/mol. The molecule has 0 aliphatic carbocycles. The third-order valence-electron chi connectivity index (χ3n) is 2.27. The van der Waals surface area contributed by atoms with Gasteiger partial charge in [-0.15, -0.1) is 0 Å². The lowest BCUT2D eigenvalue weighted by atomic mass is 10.4. The first-order valence-corrected chi connectivity index (χ1v) is 8.21. The highest BCUT2D eigenvalue weighted by molar-refractivity contribution is 7.80. The first-order chi connectivity index (χ1) is 8.50. The third-order valence-corrected chi connectivity index (χ3v) is 6.27. The summed E-state index contributed by atoms with van der Waals surface area (Å²) in [7, 11) is -3.07. The standard InChI is InChI=1S/C12H16O4SSi/c1-10(13)15-18(9-8-17,16-11(2)14)12-6-4-3-5-7-12/h3-7,17H,8-9H2,1-2H3. The Morgan fingerprint density at radius 3 is 2.00 bits per heavy atom. The van der Waals surface area contributed by atoms with Crippen LogP contribution in [0.2, 0.25) is 6.04 Å². The van der Waals surface area contributed by atoms with Crippen molar-refractivity contribution in [1.29, 1.82) is 0 Å². The van der Waals surface area contributed by atoms with Gasteiger partial charge in [-0.25, -0.2) is 0 Å². The predicted molar refractivity (Wildman–Crippen MR) is 74.0 cm³/mol.